The molecule has 1 rings (SSSR count). The highest BCUT2D eigenvalue weighted by molar-refractivity contribution is 5.91. The molecule has 0 fully saturated rings. The molecular formula is C13H21N5O. The minimum atomic E-state index is -0.399. The number of hydrogen-bond donors (Lipinski definition) is 2. The minimum absolute atomic E-state index is 0.213. The molecule has 0 spiro atoms. The van der Waals surface area contributed by atoms with E-state index in [2.05, 4.69) is 15.3 Å². The lowest BCUT2D eigenvalue weighted by Gasteiger charge is -2.17. The van der Waals surface area contributed by atoms with Crippen LogP contribution in [-0.2, 0) is 6.42 Å². The molecule has 6 nitrogen and oxygen atoms in total. The van der Waals surface area contributed by atoms with E-state index < -0.39 is 6.03 Å². The zero-order chi connectivity index (χ0) is 14.1. The van der Waals surface area contributed by atoms with Gasteiger partial charge in [0.25, 0.3) is 0 Å². The fourth-order valence-electron chi connectivity index (χ4n) is 1.40. The van der Waals surface area contributed by atoms with Crippen LogP contribution in [0.25, 0.3) is 0 Å². The maximum Gasteiger partial charge on any atom is 0.344 e. The molecule has 0 unspecified atom stereocenters. The Morgan fingerprint density at radius 2 is 2.32 bits per heavy atom. The smallest absolute Gasteiger partial charge is 0.344 e. The second-order valence-corrected chi connectivity index (χ2v) is 4.19. The van der Waals surface area contributed by atoms with Crippen LogP contribution in [0, 0.1) is 0 Å². The zero-order valence-electron chi connectivity index (χ0n) is 11.5. The number of pyridine rings is 1. The number of rotatable bonds is 5. The number of likely N-dealkylation sites (N-methyl/N-ethyl adjacent to an activating group) is 1. The maximum atomic E-state index is 11.4. The van der Waals surface area contributed by atoms with Crippen molar-refractivity contribution in [3.63, 3.8) is 0 Å². The molecule has 19 heavy (non-hydrogen) atoms. The van der Waals surface area contributed by atoms with Gasteiger partial charge in [0.05, 0.1) is 0 Å². The molecule has 0 aliphatic carbocycles. The van der Waals surface area contributed by atoms with Crippen LogP contribution in [-0.4, -0.2) is 42.0 Å². The van der Waals surface area contributed by atoms with Gasteiger partial charge >= 0.3 is 6.03 Å². The fraction of sp³-hybridized carbons (Fsp3) is 0.462. The first-order valence-electron chi connectivity index (χ1n) is 6.36. The topological polar surface area (TPSA) is 83.6 Å². The van der Waals surface area contributed by atoms with Crippen LogP contribution >= 0.6 is 0 Å². The number of urea groups is 1. The molecule has 3 N–H and O–H groups in total. The summed E-state index contributed by atoms with van der Waals surface area (Å²) < 4.78 is 0. The molecule has 0 aromatic carbocycles. The van der Waals surface area contributed by atoms with Gasteiger partial charge in [-0.05, 0) is 18.6 Å². The normalized spacial score (nSPS) is 11.2. The Morgan fingerprint density at radius 3 is 2.95 bits per heavy atom. The van der Waals surface area contributed by atoms with Crippen LogP contribution < -0.4 is 11.1 Å². The summed E-state index contributed by atoms with van der Waals surface area (Å²) in [5, 5.41) is 2.65. The van der Waals surface area contributed by atoms with Gasteiger partial charge in [0.15, 0.2) is 0 Å². The summed E-state index contributed by atoms with van der Waals surface area (Å²) in [6.07, 6.45) is 3.38. The Kier molecular flexibility index (Phi) is 6.35. The molecule has 0 atom stereocenters. The standard InChI is InChI=1S/C13H21N5O/c1-3-8-16-13(19)17-12(14)18(2)10-7-11-6-4-5-9-15-11/h4-6,9H,3,7-8,10H2,1-2H3,(H3,14,16,17,19). The molecule has 6 heteroatoms. The largest absolute Gasteiger partial charge is 0.369 e. The highest BCUT2D eigenvalue weighted by Crippen LogP contribution is 1.96. The summed E-state index contributed by atoms with van der Waals surface area (Å²) in [4.78, 5) is 21.1. The first-order chi connectivity index (χ1) is 9.13. The summed E-state index contributed by atoms with van der Waals surface area (Å²) in [6.45, 7) is 3.24. The first-order valence-corrected chi connectivity index (χ1v) is 6.36. The van der Waals surface area contributed by atoms with Crippen molar-refractivity contribution in [1.29, 1.82) is 0 Å². The van der Waals surface area contributed by atoms with Crippen molar-refractivity contribution < 1.29 is 4.79 Å². The van der Waals surface area contributed by atoms with E-state index in [1.165, 1.54) is 0 Å². The van der Waals surface area contributed by atoms with E-state index in [9.17, 15) is 4.79 Å². The van der Waals surface area contributed by atoms with Crippen LogP contribution in [0.2, 0.25) is 0 Å². The zero-order valence-corrected chi connectivity index (χ0v) is 11.5. The molecular weight excluding hydrogens is 242 g/mol. The molecule has 0 saturated heterocycles. The minimum Gasteiger partial charge on any atom is -0.369 e. The second kappa shape index (κ2) is 8.07. The first kappa shape index (κ1) is 14.9. The van der Waals surface area contributed by atoms with Gasteiger partial charge in [0.1, 0.15) is 0 Å². The van der Waals surface area contributed by atoms with E-state index in [1.54, 1.807) is 18.1 Å². The number of nitrogens with zero attached hydrogens (tertiary/aromatic N) is 3. The summed E-state index contributed by atoms with van der Waals surface area (Å²) >= 11 is 0. The van der Waals surface area contributed by atoms with Gasteiger partial charge in [-0.25, -0.2) is 4.79 Å². The number of carbonyl (C=O) groups excluding carboxylic acids is 1. The average molecular weight is 263 g/mol. The second-order valence-electron chi connectivity index (χ2n) is 4.19. The van der Waals surface area contributed by atoms with Crippen LogP contribution in [0.15, 0.2) is 29.4 Å². The van der Waals surface area contributed by atoms with E-state index in [4.69, 9.17) is 5.73 Å². The number of hydrogen-bond acceptors (Lipinski definition) is 2. The summed E-state index contributed by atoms with van der Waals surface area (Å²) in [6, 6.07) is 5.37. The van der Waals surface area contributed by atoms with Crippen molar-refractivity contribution in [1.82, 2.24) is 15.2 Å². The van der Waals surface area contributed by atoms with Crippen LogP contribution in [0.1, 0.15) is 19.0 Å². The van der Waals surface area contributed by atoms with Crippen molar-refractivity contribution in [3.8, 4) is 0 Å². The molecule has 1 heterocycles. The molecule has 104 valence electrons. The van der Waals surface area contributed by atoms with Gasteiger partial charge in [0, 0.05) is 38.4 Å². The number of aliphatic imine (C=N–C) groups is 1. The number of carbonyl (C=O) groups is 1. The van der Waals surface area contributed by atoms with E-state index >= 15 is 0 Å². The molecule has 1 aromatic rings. The maximum absolute atomic E-state index is 11.4. The van der Waals surface area contributed by atoms with Gasteiger partial charge < -0.3 is 16.0 Å². The molecule has 2 amide bonds. The highest BCUT2D eigenvalue weighted by Gasteiger charge is 2.05. The van der Waals surface area contributed by atoms with Gasteiger partial charge in [-0.1, -0.05) is 13.0 Å². The van der Waals surface area contributed by atoms with Gasteiger partial charge in [-0.2, -0.15) is 4.99 Å². The summed E-state index contributed by atoms with van der Waals surface area (Å²) in [7, 11) is 1.80. The molecule has 0 radical (unpaired) electrons. The van der Waals surface area contributed by atoms with Crippen LogP contribution in [0.4, 0.5) is 4.79 Å². The van der Waals surface area contributed by atoms with E-state index in [1.807, 2.05) is 25.1 Å². The molecule has 1 aromatic heterocycles. The molecule has 0 saturated carbocycles. The average Bonchev–Trinajstić information content (AvgIpc) is 2.43. The van der Waals surface area contributed by atoms with Crippen molar-refractivity contribution >= 4 is 12.0 Å². The number of aromatic nitrogens is 1. The summed E-state index contributed by atoms with van der Waals surface area (Å²) in [5.41, 5.74) is 6.73. The lowest BCUT2D eigenvalue weighted by Crippen LogP contribution is -2.37. The van der Waals surface area contributed by atoms with Crippen molar-refractivity contribution in [3.05, 3.63) is 30.1 Å². The van der Waals surface area contributed by atoms with Gasteiger partial charge in [-0.3, -0.25) is 4.98 Å². The predicted molar refractivity (Wildman–Crippen MR) is 75.9 cm³/mol. The lowest BCUT2D eigenvalue weighted by molar-refractivity contribution is 0.249. The van der Waals surface area contributed by atoms with E-state index in [-0.39, 0.29) is 5.96 Å². The Balaban J connectivity index is 2.41. The van der Waals surface area contributed by atoms with Gasteiger partial charge in [0.2, 0.25) is 5.96 Å². The lowest BCUT2D eigenvalue weighted by atomic mass is 10.2. The third-order valence-electron chi connectivity index (χ3n) is 2.56. The fourth-order valence-corrected chi connectivity index (χ4v) is 1.40. The third-order valence-corrected chi connectivity index (χ3v) is 2.56. The SMILES string of the molecule is CCCNC(=O)N=C(N)N(C)CCc1ccccn1. The molecule has 0 bridgehead atoms. The van der Waals surface area contributed by atoms with Crippen molar-refractivity contribution in [2.24, 2.45) is 10.7 Å². The third kappa shape index (κ3) is 5.85. The van der Waals surface area contributed by atoms with Crippen molar-refractivity contribution in [2.75, 3.05) is 20.1 Å². The number of guanidine groups is 1. The molecule has 0 aliphatic rings. The number of nitrogens with two attached hydrogens (primary N) is 1. The Morgan fingerprint density at radius 1 is 1.53 bits per heavy atom. The van der Waals surface area contributed by atoms with Crippen LogP contribution in [0.5, 0.6) is 0 Å². The predicted octanol–water partition coefficient (Wildman–Crippen LogP) is 0.990. The highest BCUT2D eigenvalue weighted by atomic mass is 16.2. The Labute approximate surface area is 113 Å². The van der Waals surface area contributed by atoms with E-state index in [0.717, 1.165) is 18.5 Å². The monoisotopic (exact) mass is 263 g/mol. The quantitative estimate of drug-likeness (QED) is 0.613. The Bertz CT molecular complexity index is 418. The Hall–Kier alpha value is -2.11. The number of amides is 2. The van der Waals surface area contributed by atoms with Crippen molar-refractivity contribution in [2.45, 2.75) is 19.8 Å². The van der Waals surface area contributed by atoms with Gasteiger partial charge in [-0.15, -0.1) is 0 Å². The number of nitrogens with one attached hydrogen (secondary N) is 1. The van der Waals surface area contributed by atoms with E-state index in [0.29, 0.717) is 13.1 Å². The molecule has 0 aliphatic heterocycles. The summed E-state index contributed by atoms with van der Waals surface area (Å²) in [5.74, 6) is 0.213. The van der Waals surface area contributed by atoms with Crippen LogP contribution in [0.3, 0.4) is 0 Å².